The van der Waals surface area contributed by atoms with Crippen LogP contribution in [0.15, 0.2) is 29.3 Å². The van der Waals surface area contributed by atoms with Gasteiger partial charge in [0.1, 0.15) is 40.6 Å². The van der Waals surface area contributed by atoms with Crippen LogP contribution in [0.3, 0.4) is 0 Å². The first-order valence-corrected chi connectivity index (χ1v) is 16.0. The third kappa shape index (κ3) is 5.23. The van der Waals surface area contributed by atoms with Crippen molar-refractivity contribution in [2.45, 2.75) is 69.2 Å². The van der Waals surface area contributed by atoms with Gasteiger partial charge in [-0.3, -0.25) is 14.8 Å². The van der Waals surface area contributed by atoms with Crippen molar-refractivity contribution in [3.05, 3.63) is 62.7 Å². The maximum Gasteiger partial charge on any atom is 0.319 e. The van der Waals surface area contributed by atoms with Crippen LogP contribution in [0.25, 0.3) is 33.1 Å². The summed E-state index contributed by atoms with van der Waals surface area (Å²) in [5, 5.41) is 10.2. The zero-order chi connectivity index (χ0) is 32.6. The summed E-state index contributed by atoms with van der Waals surface area (Å²) >= 11 is 6.58. The standard InChI is InChI=1S/C32H31ClF3N9O2/c1-14(18-9-15(34)11-38-28(18)37)40-29-23-27(42-31(43-29)47-13-17-3-2-8-45(17)16-4-5-16)25(35)26(41-30(23)46)22-19-12-39-44-21(19)10-20(33)24(22)32(36)6-7-32/h9-12,14,16-17H,2-8,13H2,1H3,(H2,37,38)(H,39,44)(H,41,46)(H,40,42,43)/t14-,17+/m1/s1. The van der Waals surface area contributed by atoms with E-state index in [0.717, 1.165) is 38.4 Å². The molecule has 2 aliphatic carbocycles. The topological polar surface area (TPSA) is 151 Å². The number of benzene rings is 1. The Morgan fingerprint density at radius 3 is 2.79 bits per heavy atom. The maximum absolute atomic E-state index is 16.9. The lowest BCUT2D eigenvalue weighted by Crippen LogP contribution is -2.36. The van der Waals surface area contributed by atoms with E-state index in [4.69, 9.17) is 22.1 Å². The van der Waals surface area contributed by atoms with Crippen LogP contribution in [0.1, 0.15) is 62.6 Å². The molecule has 2 saturated carbocycles. The van der Waals surface area contributed by atoms with Gasteiger partial charge in [0, 0.05) is 39.2 Å². The molecule has 15 heteroatoms. The van der Waals surface area contributed by atoms with Gasteiger partial charge in [-0.05, 0) is 64.1 Å². The molecule has 0 amide bonds. The number of likely N-dealkylation sites (tertiary alicyclic amines) is 1. The average molecular weight is 666 g/mol. The van der Waals surface area contributed by atoms with Gasteiger partial charge in [-0.25, -0.2) is 18.2 Å². The molecule has 5 heterocycles. The maximum atomic E-state index is 16.9. The number of fused-ring (bicyclic) bond motifs is 2. The number of hydrogen-bond acceptors (Lipinski definition) is 9. The number of nitrogen functional groups attached to an aromatic ring is 1. The quantitative estimate of drug-likeness (QED) is 0.151. The van der Waals surface area contributed by atoms with Crippen molar-refractivity contribution in [1.29, 1.82) is 0 Å². The summed E-state index contributed by atoms with van der Waals surface area (Å²) in [6.07, 6.45) is 7.13. The number of aromatic nitrogens is 6. The minimum absolute atomic E-state index is 0.0535. The molecule has 0 radical (unpaired) electrons. The summed E-state index contributed by atoms with van der Waals surface area (Å²) in [6.45, 7) is 2.93. The van der Waals surface area contributed by atoms with E-state index in [0.29, 0.717) is 22.5 Å². The Balaban J connectivity index is 1.28. The molecule has 11 nitrogen and oxygen atoms in total. The lowest BCUT2D eigenvalue weighted by molar-refractivity contribution is 0.159. The number of alkyl halides is 1. The van der Waals surface area contributed by atoms with Gasteiger partial charge in [0.25, 0.3) is 5.56 Å². The van der Waals surface area contributed by atoms with E-state index >= 15 is 8.78 Å². The summed E-state index contributed by atoms with van der Waals surface area (Å²) in [7, 11) is 0. The Morgan fingerprint density at radius 2 is 2.02 bits per heavy atom. The van der Waals surface area contributed by atoms with Gasteiger partial charge in [0.2, 0.25) is 0 Å². The smallest absolute Gasteiger partial charge is 0.319 e. The predicted octanol–water partition coefficient (Wildman–Crippen LogP) is 5.91. The molecule has 1 saturated heterocycles. The number of pyridine rings is 2. The van der Waals surface area contributed by atoms with E-state index in [9.17, 15) is 9.18 Å². The molecular weight excluding hydrogens is 635 g/mol. The Labute approximate surface area is 271 Å². The molecule has 3 aliphatic rings. The average Bonchev–Trinajstić information content (AvgIpc) is 3.92. The van der Waals surface area contributed by atoms with Crippen LogP contribution in [0.5, 0.6) is 6.01 Å². The number of rotatable bonds is 9. The van der Waals surface area contributed by atoms with E-state index in [1.807, 2.05) is 0 Å². The van der Waals surface area contributed by atoms with Gasteiger partial charge in [-0.2, -0.15) is 15.1 Å². The van der Waals surface area contributed by atoms with Crippen molar-refractivity contribution < 1.29 is 17.9 Å². The van der Waals surface area contributed by atoms with Crippen LogP contribution >= 0.6 is 11.6 Å². The fraction of sp³-hybridized carbons (Fsp3) is 0.406. The Morgan fingerprint density at radius 1 is 1.21 bits per heavy atom. The SMILES string of the molecule is C[C@@H](Nc1nc(OC[C@@H]2CCCN2C2CC2)nc2c(F)c(-c3c(C4(F)CC4)c(Cl)cc4[nH]ncc34)[nH]c(=O)c12)c1cc(F)cnc1N. The molecule has 0 unspecified atom stereocenters. The van der Waals surface area contributed by atoms with Crippen molar-refractivity contribution >= 4 is 45.0 Å². The van der Waals surface area contributed by atoms with Gasteiger partial charge < -0.3 is 20.8 Å². The molecule has 47 heavy (non-hydrogen) atoms. The second-order valence-electron chi connectivity index (χ2n) is 12.7. The highest BCUT2D eigenvalue weighted by Crippen LogP contribution is 2.56. The van der Waals surface area contributed by atoms with Crippen LogP contribution in [0.4, 0.5) is 24.8 Å². The highest BCUT2D eigenvalue weighted by Gasteiger charge is 2.49. The summed E-state index contributed by atoms with van der Waals surface area (Å²) in [5.41, 5.74) is 3.79. The van der Waals surface area contributed by atoms with Crippen LogP contribution in [0, 0.1) is 11.6 Å². The number of ether oxygens (including phenoxy) is 1. The highest BCUT2D eigenvalue weighted by molar-refractivity contribution is 6.33. The first-order valence-electron chi connectivity index (χ1n) is 15.7. The molecule has 8 rings (SSSR count). The van der Waals surface area contributed by atoms with Crippen LogP contribution < -0.4 is 21.3 Å². The Bertz CT molecular complexity index is 2110. The third-order valence-corrected chi connectivity index (χ3v) is 9.74. The fourth-order valence-corrected chi connectivity index (χ4v) is 7.18. The normalized spacial score (nSPS) is 19.8. The molecular formula is C32H31ClF3N9O2. The minimum atomic E-state index is -1.79. The number of nitrogens with two attached hydrogens (primary N) is 1. The molecule has 4 aromatic heterocycles. The number of hydrogen-bond donors (Lipinski definition) is 4. The molecule has 1 aliphatic heterocycles. The molecule has 1 aromatic carbocycles. The van der Waals surface area contributed by atoms with E-state index in [-0.39, 0.29) is 75.9 Å². The number of anilines is 2. The predicted molar refractivity (Wildman–Crippen MR) is 171 cm³/mol. The third-order valence-electron chi connectivity index (χ3n) is 9.45. The van der Waals surface area contributed by atoms with Crippen molar-refractivity contribution in [1.82, 2.24) is 35.0 Å². The summed E-state index contributed by atoms with van der Waals surface area (Å²) in [5.74, 6) is -1.51. The molecule has 244 valence electrons. The molecule has 5 N–H and O–H groups in total. The molecule has 5 aromatic rings. The number of aromatic amines is 2. The van der Waals surface area contributed by atoms with E-state index in [2.05, 4.69) is 40.3 Å². The second kappa shape index (κ2) is 11.1. The van der Waals surface area contributed by atoms with Crippen molar-refractivity contribution in [3.63, 3.8) is 0 Å². The van der Waals surface area contributed by atoms with Crippen molar-refractivity contribution in [3.8, 4) is 17.3 Å². The number of halogens is 4. The van der Waals surface area contributed by atoms with Gasteiger partial charge in [0.15, 0.2) is 5.82 Å². The Hall–Kier alpha value is -4.43. The minimum Gasteiger partial charge on any atom is -0.462 e. The van der Waals surface area contributed by atoms with E-state index in [1.165, 1.54) is 18.3 Å². The zero-order valence-corrected chi connectivity index (χ0v) is 26.1. The lowest BCUT2D eigenvalue weighted by atomic mass is 9.94. The zero-order valence-electron chi connectivity index (χ0n) is 25.3. The van der Waals surface area contributed by atoms with Crippen molar-refractivity contribution in [2.24, 2.45) is 0 Å². The van der Waals surface area contributed by atoms with Gasteiger partial charge in [-0.1, -0.05) is 11.6 Å². The Kier molecular flexibility index (Phi) is 7.06. The lowest BCUT2D eigenvalue weighted by Gasteiger charge is -2.24. The van der Waals surface area contributed by atoms with Crippen LogP contribution in [0.2, 0.25) is 5.02 Å². The number of H-pyrrole nitrogens is 2. The van der Waals surface area contributed by atoms with E-state index < -0.39 is 28.9 Å². The summed E-state index contributed by atoms with van der Waals surface area (Å²) in [6, 6.07) is 2.59. The number of nitrogens with zero attached hydrogens (tertiary/aromatic N) is 5. The van der Waals surface area contributed by atoms with Gasteiger partial charge in [-0.15, -0.1) is 0 Å². The van der Waals surface area contributed by atoms with Gasteiger partial charge in [0.05, 0.1) is 29.6 Å². The second-order valence-corrected chi connectivity index (χ2v) is 13.1. The summed E-state index contributed by atoms with van der Waals surface area (Å²) in [4.78, 5) is 31.7. The van der Waals surface area contributed by atoms with Gasteiger partial charge >= 0.3 is 6.01 Å². The number of nitrogens with one attached hydrogen (secondary N) is 3. The largest absolute Gasteiger partial charge is 0.462 e. The van der Waals surface area contributed by atoms with Crippen LogP contribution in [-0.4, -0.2) is 60.3 Å². The molecule has 2 atom stereocenters. The van der Waals surface area contributed by atoms with E-state index in [1.54, 1.807) is 6.92 Å². The van der Waals surface area contributed by atoms with Crippen LogP contribution in [-0.2, 0) is 5.67 Å². The monoisotopic (exact) mass is 665 g/mol. The molecule has 3 fully saturated rings. The highest BCUT2D eigenvalue weighted by atomic mass is 35.5. The summed E-state index contributed by atoms with van der Waals surface area (Å²) < 4.78 is 53.0. The van der Waals surface area contributed by atoms with Crippen molar-refractivity contribution in [2.75, 3.05) is 24.2 Å². The molecule has 0 spiro atoms. The fourth-order valence-electron chi connectivity index (χ4n) is 6.81. The molecule has 0 bridgehead atoms. The first kappa shape index (κ1) is 29.9. The first-order chi connectivity index (χ1) is 22.6.